The summed E-state index contributed by atoms with van der Waals surface area (Å²) in [4.78, 5) is 0. The average Bonchev–Trinajstić information content (AvgIpc) is 2.29. The zero-order valence-corrected chi connectivity index (χ0v) is 9.16. The quantitative estimate of drug-likeness (QED) is 0.814. The van der Waals surface area contributed by atoms with Crippen LogP contribution in [0.2, 0.25) is 0 Å². The Hall–Kier alpha value is -1.00. The van der Waals surface area contributed by atoms with Gasteiger partial charge in [0.1, 0.15) is 0 Å². The van der Waals surface area contributed by atoms with Crippen LogP contribution in [-0.2, 0) is 0 Å². The lowest BCUT2D eigenvalue weighted by atomic mass is 9.91. The van der Waals surface area contributed by atoms with Crippen molar-refractivity contribution in [2.24, 2.45) is 0 Å². The van der Waals surface area contributed by atoms with Gasteiger partial charge in [-0.05, 0) is 36.5 Å². The summed E-state index contributed by atoms with van der Waals surface area (Å²) >= 11 is 0. The lowest BCUT2D eigenvalue weighted by Gasteiger charge is -2.18. The van der Waals surface area contributed by atoms with Crippen LogP contribution in [0.5, 0.6) is 0 Å². The largest absolute Gasteiger partial charge is 0.394 e. The van der Waals surface area contributed by atoms with Crippen LogP contribution in [0, 0.1) is 11.6 Å². The average molecular weight is 230 g/mol. The van der Waals surface area contributed by atoms with E-state index in [1.54, 1.807) is 0 Å². The fourth-order valence-electron chi connectivity index (χ4n) is 1.71. The standard InChI is InChI=1S/C12H16F2O2/c1-2-8(5-10(16)7-15)9-3-4-11(13)12(14)6-9/h3-4,6,8,10,15-16H,2,5,7H2,1H3. The van der Waals surface area contributed by atoms with E-state index in [9.17, 15) is 13.9 Å². The number of aliphatic hydroxyl groups is 2. The molecule has 90 valence electrons. The molecule has 2 nitrogen and oxygen atoms in total. The van der Waals surface area contributed by atoms with Gasteiger partial charge in [0.2, 0.25) is 0 Å². The van der Waals surface area contributed by atoms with Crippen molar-refractivity contribution >= 4 is 0 Å². The monoisotopic (exact) mass is 230 g/mol. The van der Waals surface area contributed by atoms with E-state index in [-0.39, 0.29) is 12.5 Å². The van der Waals surface area contributed by atoms with Crippen LogP contribution in [0.4, 0.5) is 8.78 Å². The first-order valence-corrected chi connectivity index (χ1v) is 5.32. The van der Waals surface area contributed by atoms with Crippen LogP contribution >= 0.6 is 0 Å². The first-order valence-electron chi connectivity index (χ1n) is 5.32. The summed E-state index contributed by atoms with van der Waals surface area (Å²) in [7, 11) is 0. The molecule has 0 amide bonds. The second kappa shape index (κ2) is 5.92. The first kappa shape index (κ1) is 13.1. The van der Waals surface area contributed by atoms with E-state index in [1.807, 2.05) is 6.92 Å². The molecule has 2 unspecified atom stereocenters. The molecule has 1 aromatic rings. The SMILES string of the molecule is CCC(CC(O)CO)c1ccc(F)c(F)c1. The fraction of sp³-hybridized carbons (Fsp3) is 0.500. The van der Waals surface area contributed by atoms with Gasteiger partial charge in [-0.15, -0.1) is 0 Å². The topological polar surface area (TPSA) is 40.5 Å². The van der Waals surface area contributed by atoms with Crippen LogP contribution in [0.25, 0.3) is 0 Å². The van der Waals surface area contributed by atoms with Crippen LogP contribution in [0.3, 0.4) is 0 Å². The van der Waals surface area contributed by atoms with Crippen molar-refractivity contribution in [2.75, 3.05) is 6.61 Å². The van der Waals surface area contributed by atoms with Gasteiger partial charge in [0.25, 0.3) is 0 Å². The Balaban J connectivity index is 2.82. The minimum Gasteiger partial charge on any atom is -0.394 e. The van der Waals surface area contributed by atoms with E-state index in [4.69, 9.17) is 5.11 Å². The van der Waals surface area contributed by atoms with Gasteiger partial charge in [-0.1, -0.05) is 13.0 Å². The van der Waals surface area contributed by atoms with Crippen LogP contribution in [0.15, 0.2) is 18.2 Å². The molecule has 0 heterocycles. The summed E-state index contributed by atoms with van der Waals surface area (Å²) in [5.74, 6) is -1.83. The predicted molar refractivity (Wildman–Crippen MR) is 57.1 cm³/mol. The van der Waals surface area contributed by atoms with E-state index in [2.05, 4.69) is 0 Å². The van der Waals surface area contributed by atoms with Gasteiger partial charge in [-0.25, -0.2) is 8.78 Å². The second-order valence-corrected chi connectivity index (χ2v) is 3.85. The molecule has 1 rings (SSSR count). The maximum absolute atomic E-state index is 13.0. The molecule has 0 saturated carbocycles. The Morgan fingerprint density at radius 1 is 1.25 bits per heavy atom. The Labute approximate surface area is 93.5 Å². The van der Waals surface area contributed by atoms with Gasteiger partial charge in [-0.3, -0.25) is 0 Å². The zero-order chi connectivity index (χ0) is 12.1. The van der Waals surface area contributed by atoms with Gasteiger partial charge in [0, 0.05) is 0 Å². The van der Waals surface area contributed by atoms with E-state index in [0.717, 1.165) is 12.1 Å². The molecule has 0 bridgehead atoms. The second-order valence-electron chi connectivity index (χ2n) is 3.85. The van der Waals surface area contributed by atoms with Crippen molar-refractivity contribution in [3.05, 3.63) is 35.4 Å². The summed E-state index contributed by atoms with van der Waals surface area (Å²) in [6.07, 6.45) is 0.221. The predicted octanol–water partition coefficient (Wildman–Crippen LogP) is 2.20. The number of hydrogen-bond donors (Lipinski definition) is 2. The van der Waals surface area contributed by atoms with Gasteiger partial charge < -0.3 is 10.2 Å². The van der Waals surface area contributed by atoms with E-state index >= 15 is 0 Å². The highest BCUT2D eigenvalue weighted by atomic mass is 19.2. The Morgan fingerprint density at radius 2 is 1.94 bits per heavy atom. The van der Waals surface area contributed by atoms with Crippen molar-refractivity contribution in [1.29, 1.82) is 0 Å². The number of aliphatic hydroxyl groups excluding tert-OH is 2. The van der Waals surface area contributed by atoms with Crippen molar-refractivity contribution < 1.29 is 19.0 Å². The Bertz CT molecular complexity index is 342. The molecular formula is C12H16F2O2. The molecule has 2 N–H and O–H groups in total. The molecule has 2 atom stereocenters. The van der Waals surface area contributed by atoms with Crippen LogP contribution in [0.1, 0.15) is 31.2 Å². The molecule has 16 heavy (non-hydrogen) atoms. The van der Waals surface area contributed by atoms with E-state index in [0.29, 0.717) is 18.4 Å². The minimum atomic E-state index is -0.880. The molecule has 0 saturated heterocycles. The van der Waals surface area contributed by atoms with Gasteiger partial charge in [-0.2, -0.15) is 0 Å². The highest BCUT2D eigenvalue weighted by molar-refractivity contribution is 5.21. The van der Waals surface area contributed by atoms with Gasteiger partial charge in [0.15, 0.2) is 11.6 Å². The molecule has 0 aliphatic carbocycles. The lowest BCUT2D eigenvalue weighted by Crippen LogP contribution is -2.16. The molecule has 4 heteroatoms. The van der Waals surface area contributed by atoms with Crippen LogP contribution in [-0.4, -0.2) is 22.9 Å². The normalized spacial score (nSPS) is 14.8. The molecule has 0 fully saturated rings. The minimum absolute atomic E-state index is 0.0720. The Kier molecular flexibility index (Phi) is 4.83. The third-order valence-corrected chi connectivity index (χ3v) is 2.68. The maximum atomic E-state index is 13.0. The highest BCUT2D eigenvalue weighted by Crippen LogP contribution is 2.25. The fourth-order valence-corrected chi connectivity index (χ4v) is 1.71. The molecule has 1 aromatic carbocycles. The maximum Gasteiger partial charge on any atom is 0.159 e. The lowest BCUT2D eigenvalue weighted by molar-refractivity contribution is 0.0817. The summed E-state index contributed by atoms with van der Waals surface area (Å²) in [6, 6.07) is 3.74. The first-order chi connectivity index (χ1) is 7.58. The number of benzene rings is 1. The van der Waals surface area contributed by atoms with E-state index in [1.165, 1.54) is 6.07 Å². The van der Waals surface area contributed by atoms with Gasteiger partial charge in [0.05, 0.1) is 12.7 Å². The van der Waals surface area contributed by atoms with Crippen molar-refractivity contribution in [3.8, 4) is 0 Å². The molecule has 0 radical (unpaired) electrons. The molecule has 0 spiro atoms. The summed E-state index contributed by atoms with van der Waals surface area (Å²) < 4.78 is 25.7. The third kappa shape index (κ3) is 3.25. The Morgan fingerprint density at radius 3 is 2.44 bits per heavy atom. The van der Waals surface area contributed by atoms with Crippen molar-refractivity contribution in [3.63, 3.8) is 0 Å². The zero-order valence-electron chi connectivity index (χ0n) is 9.16. The summed E-state index contributed by atoms with van der Waals surface area (Å²) in [5, 5.41) is 18.1. The number of halogens is 2. The van der Waals surface area contributed by atoms with Gasteiger partial charge >= 0.3 is 0 Å². The number of hydrogen-bond acceptors (Lipinski definition) is 2. The summed E-state index contributed by atoms with van der Waals surface area (Å²) in [5.41, 5.74) is 0.647. The molecule has 0 aromatic heterocycles. The molecular weight excluding hydrogens is 214 g/mol. The summed E-state index contributed by atoms with van der Waals surface area (Å²) in [6.45, 7) is 1.58. The van der Waals surface area contributed by atoms with Crippen LogP contribution < -0.4 is 0 Å². The van der Waals surface area contributed by atoms with Crippen molar-refractivity contribution in [1.82, 2.24) is 0 Å². The molecule has 0 aliphatic rings. The number of rotatable bonds is 5. The smallest absolute Gasteiger partial charge is 0.159 e. The van der Waals surface area contributed by atoms with Crippen molar-refractivity contribution in [2.45, 2.75) is 31.8 Å². The third-order valence-electron chi connectivity index (χ3n) is 2.68. The molecule has 0 aliphatic heterocycles. The van der Waals surface area contributed by atoms with E-state index < -0.39 is 17.7 Å². The highest BCUT2D eigenvalue weighted by Gasteiger charge is 2.15.